The van der Waals surface area contributed by atoms with Gasteiger partial charge in [0.05, 0.1) is 0 Å². The summed E-state index contributed by atoms with van der Waals surface area (Å²) >= 11 is 6.26. The first-order chi connectivity index (χ1) is 6.85. The molecule has 2 atom stereocenters. The van der Waals surface area contributed by atoms with Gasteiger partial charge < -0.3 is 5.32 Å². The van der Waals surface area contributed by atoms with Crippen LogP contribution in [-0.4, -0.2) is 18.5 Å². The average molecular weight is 234 g/mol. The molecule has 0 rings (SSSR count). The zero-order valence-electron chi connectivity index (χ0n) is 11.1. The van der Waals surface area contributed by atoms with Crippen molar-refractivity contribution in [3.63, 3.8) is 0 Å². The predicted molar refractivity (Wildman–Crippen MR) is 70.7 cm³/mol. The molecule has 0 fully saturated rings. The van der Waals surface area contributed by atoms with Gasteiger partial charge in [0.25, 0.3) is 0 Å². The second-order valence-electron chi connectivity index (χ2n) is 5.91. The fraction of sp³-hybridized carbons (Fsp3) is 1.00. The third kappa shape index (κ3) is 10.5. The van der Waals surface area contributed by atoms with Crippen molar-refractivity contribution in [2.24, 2.45) is 11.3 Å². The first-order valence-electron chi connectivity index (χ1n) is 6.20. The van der Waals surface area contributed by atoms with Crippen LogP contribution in [0.5, 0.6) is 0 Å². The summed E-state index contributed by atoms with van der Waals surface area (Å²) in [5.74, 6) is 0.772. The molecule has 2 heteroatoms. The molecule has 92 valence electrons. The highest BCUT2D eigenvalue weighted by molar-refractivity contribution is 6.20. The van der Waals surface area contributed by atoms with Gasteiger partial charge in [-0.15, -0.1) is 11.6 Å². The maximum Gasteiger partial charge on any atom is 0.0465 e. The van der Waals surface area contributed by atoms with Crippen molar-refractivity contribution < 1.29 is 0 Å². The predicted octanol–water partition coefficient (Wildman–Crippen LogP) is 4.06. The lowest BCUT2D eigenvalue weighted by Crippen LogP contribution is -2.29. The second-order valence-corrected chi connectivity index (χ2v) is 6.53. The quantitative estimate of drug-likeness (QED) is 0.654. The van der Waals surface area contributed by atoms with Crippen molar-refractivity contribution >= 4 is 11.6 Å². The Labute approximate surface area is 101 Å². The standard InChI is InChI=1S/C13H28ClN/c1-6-7-11(2)9-15-10-12(14)8-13(3,4)5/h11-12,15H,6-10H2,1-5H3. The fourth-order valence-electron chi connectivity index (χ4n) is 1.82. The summed E-state index contributed by atoms with van der Waals surface area (Å²) < 4.78 is 0. The van der Waals surface area contributed by atoms with E-state index in [-0.39, 0.29) is 5.38 Å². The molecular weight excluding hydrogens is 206 g/mol. The summed E-state index contributed by atoms with van der Waals surface area (Å²) in [5, 5.41) is 3.72. The molecule has 0 bridgehead atoms. The van der Waals surface area contributed by atoms with Crippen molar-refractivity contribution in [1.29, 1.82) is 0 Å². The number of nitrogens with one attached hydrogen (secondary N) is 1. The van der Waals surface area contributed by atoms with Gasteiger partial charge in [-0.1, -0.05) is 41.0 Å². The average Bonchev–Trinajstić information content (AvgIpc) is 2.00. The van der Waals surface area contributed by atoms with E-state index in [0.29, 0.717) is 5.41 Å². The van der Waals surface area contributed by atoms with E-state index >= 15 is 0 Å². The van der Waals surface area contributed by atoms with Crippen LogP contribution < -0.4 is 5.32 Å². The van der Waals surface area contributed by atoms with Crippen LogP contribution >= 0.6 is 11.6 Å². The van der Waals surface area contributed by atoms with E-state index in [1.54, 1.807) is 0 Å². The van der Waals surface area contributed by atoms with Gasteiger partial charge in [-0.25, -0.2) is 0 Å². The van der Waals surface area contributed by atoms with Gasteiger partial charge in [0.15, 0.2) is 0 Å². The molecule has 0 saturated heterocycles. The fourth-order valence-corrected chi connectivity index (χ4v) is 2.39. The van der Waals surface area contributed by atoms with Crippen LogP contribution in [-0.2, 0) is 0 Å². The molecule has 0 aromatic carbocycles. The minimum atomic E-state index is 0.263. The van der Waals surface area contributed by atoms with Gasteiger partial charge in [-0.2, -0.15) is 0 Å². The largest absolute Gasteiger partial charge is 0.315 e. The first-order valence-corrected chi connectivity index (χ1v) is 6.63. The lowest BCUT2D eigenvalue weighted by molar-refractivity contribution is 0.360. The van der Waals surface area contributed by atoms with Crippen LogP contribution in [0, 0.1) is 11.3 Å². The summed E-state index contributed by atoms with van der Waals surface area (Å²) in [6.07, 6.45) is 3.65. The summed E-state index contributed by atoms with van der Waals surface area (Å²) in [4.78, 5) is 0. The summed E-state index contributed by atoms with van der Waals surface area (Å²) in [6.45, 7) is 13.3. The number of rotatable bonds is 7. The Bertz CT molecular complexity index is 151. The molecule has 0 aromatic rings. The highest BCUT2D eigenvalue weighted by Crippen LogP contribution is 2.23. The van der Waals surface area contributed by atoms with E-state index in [0.717, 1.165) is 25.4 Å². The van der Waals surface area contributed by atoms with Crippen LogP contribution in [0.2, 0.25) is 0 Å². The Balaban J connectivity index is 3.50. The van der Waals surface area contributed by atoms with E-state index in [1.165, 1.54) is 12.8 Å². The van der Waals surface area contributed by atoms with Gasteiger partial charge in [0.2, 0.25) is 0 Å². The Morgan fingerprint density at radius 2 is 1.80 bits per heavy atom. The molecule has 0 aliphatic carbocycles. The Kier molecular flexibility index (Phi) is 7.64. The van der Waals surface area contributed by atoms with Crippen molar-refractivity contribution in [3.05, 3.63) is 0 Å². The highest BCUT2D eigenvalue weighted by atomic mass is 35.5. The zero-order chi connectivity index (χ0) is 11.9. The Morgan fingerprint density at radius 3 is 2.27 bits per heavy atom. The number of hydrogen-bond acceptors (Lipinski definition) is 1. The van der Waals surface area contributed by atoms with Crippen LogP contribution in [0.4, 0.5) is 0 Å². The number of halogens is 1. The lowest BCUT2D eigenvalue weighted by Gasteiger charge is -2.22. The molecule has 1 nitrogen and oxygen atoms in total. The molecule has 0 aliphatic heterocycles. The minimum absolute atomic E-state index is 0.263. The second kappa shape index (κ2) is 7.51. The molecule has 1 N–H and O–H groups in total. The molecule has 0 aromatic heterocycles. The van der Waals surface area contributed by atoms with Crippen LogP contribution in [0.25, 0.3) is 0 Å². The third-order valence-corrected chi connectivity index (χ3v) is 2.78. The van der Waals surface area contributed by atoms with Gasteiger partial charge in [-0.05, 0) is 30.7 Å². The summed E-state index contributed by atoms with van der Waals surface area (Å²) in [5.41, 5.74) is 0.336. The summed E-state index contributed by atoms with van der Waals surface area (Å²) in [6, 6.07) is 0. The maximum atomic E-state index is 6.26. The van der Waals surface area contributed by atoms with E-state index < -0.39 is 0 Å². The molecule has 0 radical (unpaired) electrons. The Hall–Kier alpha value is 0.250. The molecule has 15 heavy (non-hydrogen) atoms. The van der Waals surface area contributed by atoms with E-state index in [1.807, 2.05) is 0 Å². The van der Waals surface area contributed by atoms with Gasteiger partial charge in [0, 0.05) is 11.9 Å². The number of alkyl halides is 1. The molecule has 0 saturated carbocycles. The highest BCUT2D eigenvalue weighted by Gasteiger charge is 2.16. The van der Waals surface area contributed by atoms with Gasteiger partial charge in [-0.3, -0.25) is 0 Å². The van der Waals surface area contributed by atoms with Crippen molar-refractivity contribution in [1.82, 2.24) is 5.32 Å². The van der Waals surface area contributed by atoms with E-state index in [9.17, 15) is 0 Å². The normalized spacial score (nSPS) is 16.4. The van der Waals surface area contributed by atoms with Gasteiger partial charge in [0.1, 0.15) is 0 Å². The molecule has 0 amide bonds. The SMILES string of the molecule is CCCC(C)CNCC(Cl)CC(C)(C)C. The van der Waals surface area contributed by atoms with Crippen LogP contribution in [0.3, 0.4) is 0 Å². The van der Waals surface area contributed by atoms with Crippen LogP contribution in [0.15, 0.2) is 0 Å². The number of hydrogen-bond donors (Lipinski definition) is 1. The Morgan fingerprint density at radius 1 is 1.20 bits per heavy atom. The smallest absolute Gasteiger partial charge is 0.0465 e. The molecule has 0 spiro atoms. The van der Waals surface area contributed by atoms with Crippen molar-refractivity contribution in [2.45, 2.75) is 59.3 Å². The molecular formula is C13H28ClN. The van der Waals surface area contributed by atoms with Crippen LogP contribution in [0.1, 0.15) is 53.9 Å². The van der Waals surface area contributed by atoms with Gasteiger partial charge >= 0.3 is 0 Å². The molecule has 0 heterocycles. The monoisotopic (exact) mass is 233 g/mol. The topological polar surface area (TPSA) is 12.0 Å². The van der Waals surface area contributed by atoms with E-state index in [2.05, 4.69) is 39.9 Å². The molecule has 2 unspecified atom stereocenters. The maximum absolute atomic E-state index is 6.26. The zero-order valence-corrected chi connectivity index (χ0v) is 11.8. The first kappa shape index (κ1) is 15.2. The van der Waals surface area contributed by atoms with Crippen molar-refractivity contribution in [3.8, 4) is 0 Å². The molecule has 0 aliphatic rings. The third-order valence-electron chi connectivity index (χ3n) is 2.47. The summed E-state index contributed by atoms with van der Waals surface area (Å²) in [7, 11) is 0. The van der Waals surface area contributed by atoms with E-state index in [4.69, 9.17) is 11.6 Å². The van der Waals surface area contributed by atoms with Crippen molar-refractivity contribution in [2.75, 3.05) is 13.1 Å². The lowest BCUT2D eigenvalue weighted by atomic mass is 9.90. The minimum Gasteiger partial charge on any atom is -0.315 e.